The molecule has 0 spiro atoms. The van der Waals surface area contributed by atoms with Crippen LogP contribution in [-0.4, -0.2) is 5.91 Å². The van der Waals surface area contributed by atoms with Gasteiger partial charge in [-0.2, -0.15) is 0 Å². The fourth-order valence-electron chi connectivity index (χ4n) is 2.08. The summed E-state index contributed by atoms with van der Waals surface area (Å²) in [7, 11) is 0. The summed E-state index contributed by atoms with van der Waals surface area (Å²) in [5.74, 6) is -1.17. The zero-order valence-electron chi connectivity index (χ0n) is 13.1. The summed E-state index contributed by atoms with van der Waals surface area (Å²) in [5.41, 5.74) is 0.824. The molecule has 1 heterocycles. The third kappa shape index (κ3) is 4.32. The molecule has 0 saturated carbocycles. The van der Waals surface area contributed by atoms with Crippen LogP contribution in [0.5, 0.6) is 5.75 Å². The number of rotatable bonds is 5. The summed E-state index contributed by atoms with van der Waals surface area (Å²) in [6.45, 7) is 0.215. The van der Waals surface area contributed by atoms with Crippen LogP contribution in [0.25, 0.3) is 0 Å². The van der Waals surface area contributed by atoms with Gasteiger partial charge in [0, 0.05) is 11.8 Å². The topological polar surface area (TPSA) is 68.5 Å². The van der Waals surface area contributed by atoms with Crippen molar-refractivity contribution in [3.8, 4) is 5.75 Å². The summed E-state index contributed by atoms with van der Waals surface area (Å²) in [6.07, 6.45) is 1.10. The average Bonchev–Trinajstić information content (AvgIpc) is 2.63. The van der Waals surface area contributed by atoms with E-state index in [-0.39, 0.29) is 18.1 Å². The highest BCUT2D eigenvalue weighted by Crippen LogP contribution is 2.12. The number of ether oxygens (including phenoxy) is 1. The van der Waals surface area contributed by atoms with E-state index >= 15 is 0 Å². The van der Waals surface area contributed by atoms with Gasteiger partial charge in [0.05, 0.1) is 0 Å². The van der Waals surface area contributed by atoms with E-state index in [1.165, 1.54) is 24.3 Å². The van der Waals surface area contributed by atoms with Crippen molar-refractivity contribution < 1.29 is 18.3 Å². The number of hydrogen-bond donors (Lipinski definition) is 1. The van der Waals surface area contributed by atoms with Gasteiger partial charge in [-0.05, 0) is 29.8 Å². The first-order chi connectivity index (χ1) is 12.1. The average molecular weight is 339 g/mol. The second-order valence-corrected chi connectivity index (χ2v) is 5.21. The van der Waals surface area contributed by atoms with Crippen molar-refractivity contribution in [1.29, 1.82) is 0 Å². The van der Waals surface area contributed by atoms with Gasteiger partial charge < -0.3 is 14.5 Å². The molecule has 0 aliphatic heterocycles. The third-order valence-electron chi connectivity index (χ3n) is 3.36. The number of nitrogens with one attached hydrogen (secondary N) is 1. The van der Waals surface area contributed by atoms with E-state index in [1.807, 2.05) is 30.3 Å². The summed E-state index contributed by atoms with van der Waals surface area (Å²) in [5, 5.41) is 2.51. The Hall–Kier alpha value is -3.41. The Morgan fingerprint density at radius 1 is 1.08 bits per heavy atom. The lowest BCUT2D eigenvalue weighted by Crippen LogP contribution is -2.15. The number of carbonyl (C=O) groups is 1. The summed E-state index contributed by atoms with van der Waals surface area (Å²) in [6, 6.07) is 15.6. The van der Waals surface area contributed by atoms with Gasteiger partial charge in [-0.15, -0.1) is 0 Å². The Labute approximate surface area is 142 Å². The molecule has 1 aromatic heterocycles. The van der Waals surface area contributed by atoms with Gasteiger partial charge in [0.25, 0.3) is 5.91 Å². The first-order valence-corrected chi connectivity index (χ1v) is 7.48. The maximum Gasteiger partial charge on any atom is 0.291 e. The Bertz CT molecular complexity index is 920. The van der Waals surface area contributed by atoms with Gasteiger partial charge in [0.1, 0.15) is 18.7 Å². The minimum atomic E-state index is -0.613. The molecule has 0 radical (unpaired) electrons. The molecule has 0 aliphatic carbocycles. The maximum absolute atomic E-state index is 12.9. The standard InChI is InChI=1S/C19H14FNO4/c20-14-6-8-15(9-7-14)21-19(23)17-10-16(22)18(12-25-17)24-11-13-4-2-1-3-5-13/h1-10,12H,11H2,(H,21,23). The molecule has 0 saturated heterocycles. The molecule has 1 N–H and O–H groups in total. The van der Waals surface area contributed by atoms with E-state index in [0.29, 0.717) is 5.69 Å². The first kappa shape index (κ1) is 16.4. The van der Waals surface area contributed by atoms with E-state index in [4.69, 9.17) is 9.15 Å². The molecule has 5 nitrogen and oxygen atoms in total. The predicted molar refractivity (Wildman–Crippen MR) is 90.1 cm³/mol. The van der Waals surface area contributed by atoms with E-state index in [0.717, 1.165) is 17.9 Å². The van der Waals surface area contributed by atoms with Crippen LogP contribution in [0.2, 0.25) is 0 Å². The lowest BCUT2D eigenvalue weighted by Gasteiger charge is -2.07. The van der Waals surface area contributed by atoms with Crippen LogP contribution in [0, 0.1) is 5.82 Å². The van der Waals surface area contributed by atoms with Crippen LogP contribution in [0.3, 0.4) is 0 Å². The highest BCUT2D eigenvalue weighted by atomic mass is 19.1. The molecule has 25 heavy (non-hydrogen) atoms. The third-order valence-corrected chi connectivity index (χ3v) is 3.36. The van der Waals surface area contributed by atoms with Crippen LogP contribution < -0.4 is 15.5 Å². The van der Waals surface area contributed by atoms with E-state index in [2.05, 4.69) is 5.32 Å². The second-order valence-electron chi connectivity index (χ2n) is 5.21. The normalized spacial score (nSPS) is 10.3. The monoisotopic (exact) mass is 339 g/mol. The lowest BCUT2D eigenvalue weighted by atomic mass is 10.2. The predicted octanol–water partition coefficient (Wildman–Crippen LogP) is 3.61. The Morgan fingerprint density at radius 2 is 1.80 bits per heavy atom. The van der Waals surface area contributed by atoms with Gasteiger partial charge in [0.2, 0.25) is 11.2 Å². The van der Waals surface area contributed by atoms with Crippen LogP contribution in [-0.2, 0) is 6.61 Å². The molecule has 1 amide bonds. The first-order valence-electron chi connectivity index (χ1n) is 7.48. The van der Waals surface area contributed by atoms with E-state index in [1.54, 1.807) is 0 Å². The van der Waals surface area contributed by atoms with Crippen molar-refractivity contribution >= 4 is 11.6 Å². The zero-order chi connectivity index (χ0) is 17.6. The fraction of sp³-hybridized carbons (Fsp3) is 0.0526. The maximum atomic E-state index is 12.9. The number of anilines is 1. The summed E-state index contributed by atoms with van der Waals surface area (Å²) < 4.78 is 23.4. The number of carbonyl (C=O) groups excluding carboxylic acids is 1. The highest BCUT2D eigenvalue weighted by Gasteiger charge is 2.12. The van der Waals surface area contributed by atoms with Gasteiger partial charge in [-0.1, -0.05) is 30.3 Å². The Morgan fingerprint density at radius 3 is 2.48 bits per heavy atom. The number of hydrogen-bond acceptors (Lipinski definition) is 4. The minimum Gasteiger partial charge on any atom is -0.482 e. The molecular weight excluding hydrogens is 325 g/mol. The van der Waals surface area contributed by atoms with Crippen molar-refractivity contribution in [3.63, 3.8) is 0 Å². The molecule has 6 heteroatoms. The van der Waals surface area contributed by atoms with Gasteiger partial charge >= 0.3 is 0 Å². The smallest absolute Gasteiger partial charge is 0.291 e. The lowest BCUT2D eigenvalue weighted by molar-refractivity contribution is 0.0993. The number of amides is 1. The zero-order valence-corrected chi connectivity index (χ0v) is 13.1. The molecule has 3 aromatic rings. The van der Waals surface area contributed by atoms with Crippen molar-refractivity contribution in [2.75, 3.05) is 5.32 Å². The number of halogens is 1. The largest absolute Gasteiger partial charge is 0.482 e. The minimum absolute atomic E-state index is 0.0159. The molecule has 0 unspecified atom stereocenters. The van der Waals surface area contributed by atoms with Gasteiger partial charge in [-0.25, -0.2) is 4.39 Å². The van der Waals surface area contributed by atoms with Crippen LogP contribution in [0.1, 0.15) is 16.1 Å². The summed E-state index contributed by atoms with van der Waals surface area (Å²) in [4.78, 5) is 24.1. The van der Waals surface area contributed by atoms with Crippen molar-refractivity contribution in [1.82, 2.24) is 0 Å². The second kappa shape index (κ2) is 7.44. The van der Waals surface area contributed by atoms with Crippen LogP contribution in [0.15, 0.2) is 76.1 Å². The van der Waals surface area contributed by atoms with Crippen molar-refractivity contribution in [2.45, 2.75) is 6.61 Å². The Balaban J connectivity index is 1.67. The molecule has 3 rings (SSSR count). The quantitative estimate of drug-likeness (QED) is 0.771. The van der Waals surface area contributed by atoms with Crippen molar-refractivity contribution in [2.24, 2.45) is 0 Å². The molecule has 126 valence electrons. The Kier molecular flexibility index (Phi) is 4.89. The van der Waals surface area contributed by atoms with Gasteiger partial charge in [0.15, 0.2) is 5.76 Å². The van der Waals surface area contributed by atoms with Gasteiger partial charge in [-0.3, -0.25) is 9.59 Å². The van der Waals surface area contributed by atoms with E-state index in [9.17, 15) is 14.0 Å². The van der Waals surface area contributed by atoms with Crippen molar-refractivity contribution in [3.05, 3.63) is 94.3 Å². The molecule has 0 atom stereocenters. The SMILES string of the molecule is O=C(Nc1ccc(F)cc1)c1cc(=O)c(OCc2ccccc2)co1. The van der Waals surface area contributed by atoms with Crippen LogP contribution >= 0.6 is 0 Å². The molecule has 0 fully saturated rings. The molecule has 0 bridgehead atoms. The highest BCUT2D eigenvalue weighted by molar-refractivity contribution is 6.02. The number of benzene rings is 2. The van der Waals surface area contributed by atoms with Crippen LogP contribution in [0.4, 0.5) is 10.1 Å². The fourth-order valence-corrected chi connectivity index (χ4v) is 2.08. The summed E-state index contributed by atoms with van der Waals surface area (Å²) >= 11 is 0. The van der Waals surface area contributed by atoms with E-state index < -0.39 is 17.2 Å². The molecule has 0 aliphatic rings. The molecular formula is C19H14FNO4. The molecule has 2 aromatic carbocycles.